The molecule has 0 bridgehead atoms. The summed E-state index contributed by atoms with van der Waals surface area (Å²) < 4.78 is 10.6. The molecule has 0 unspecified atom stereocenters. The van der Waals surface area contributed by atoms with E-state index >= 15 is 0 Å². The van der Waals surface area contributed by atoms with Crippen molar-refractivity contribution < 1.29 is 0 Å². The van der Waals surface area contributed by atoms with E-state index in [1.165, 1.54) is 146 Å². The highest BCUT2D eigenvalue weighted by molar-refractivity contribution is 7.27. The van der Waals surface area contributed by atoms with Crippen LogP contribution in [0.4, 0.5) is 0 Å². The third kappa shape index (κ3) is 7.05. The van der Waals surface area contributed by atoms with Crippen molar-refractivity contribution in [2.24, 2.45) is 0 Å². The molecule has 77 heavy (non-hydrogen) atoms. The summed E-state index contributed by atoms with van der Waals surface area (Å²) in [6, 6.07) is 102. The first-order valence-electron chi connectivity index (χ1n) is 26.2. The van der Waals surface area contributed by atoms with E-state index < -0.39 is 8.07 Å². The largest absolute Gasteiger partial charge is 0.179 e. The summed E-state index contributed by atoms with van der Waals surface area (Å²) in [6.07, 6.45) is 0. The Hall–Kier alpha value is -8.26. The number of hydrogen-bond acceptors (Lipinski definition) is 4. The zero-order chi connectivity index (χ0) is 50.6. The van der Waals surface area contributed by atoms with Gasteiger partial charge < -0.3 is 0 Å². The highest BCUT2D eigenvalue weighted by Gasteiger charge is 2.42. The van der Waals surface area contributed by atoms with Gasteiger partial charge in [0.05, 0.1) is 0 Å². The Morgan fingerprint density at radius 2 is 0.390 bits per heavy atom. The molecule has 12 aromatic carbocycles. The van der Waals surface area contributed by atoms with E-state index in [2.05, 4.69) is 267 Å². The number of hydrogen-bond donors (Lipinski definition) is 0. The molecule has 0 saturated carbocycles. The Morgan fingerprint density at radius 3 is 0.623 bits per heavy atom. The summed E-state index contributed by atoms with van der Waals surface area (Å²) in [4.78, 5) is 0. The van der Waals surface area contributed by atoms with Crippen molar-refractivity contribution in [1.82, 2.24) is 0 Å². The molecule has 0 radical (unpaired) electrons. The van der Waals surface area contributed by atoms with Gasteiger partial charge in [0.25, 0.3) is 0 Å². The van der Waals surface area contributed by atoms with Crippen LogP contribution < -0.4 is 20.7 Å². The second kappa shape index (κ2) is 17.9. The Bertz CT molecular complexity index is 4320. The minimum Gasteiger partial charge on any atom is -0.135 e. The topological polar surface area (TPSA) is 0 Å². The molecule has 0 aliphatic rings. The molecule has 0 atom stereocenters. The van der Waals surface area contributed by atoms with Gasteiger partial charge in [-0.1, -0.05) is 243 Å². The summed E-state index contributed by atoms with van der Waals surface area (Å²) >= 11 is 7.59. The molecule has 16 rings (SSSR count). The number of fused-ring (bicyclic) bond motifs is 12. The molecule has 0 N–H and O–H groups in total. The fourth-order valence-electron chi connectivity index (χ4n) is 12.5. The van der Waals surface area contributed by atoms with Crippen molar-refractivity contribution in [1.29, 1.82) is 0 Å². The standard InChI is InChI=1S/C72H44S4Si/c1-5-25-65-57(13-1)61-21-9-17-53(69(61)73-65)45-29-37-49(38-30-45)77(50-39-31-46(32-40-50)54-18-10-22-62-58-14-2-6-26-66(58)74-70(54)62,51-41-33-47(34-42-51)55-19-11-23-63-59-15-3-7-27-67(59)75-71(55)63)52-43-35-48(36-44-52)56-20-12-24-64-60-16-4-8-28-68(60)76-72(56)64/h1-44H. The van der Waals surface area contributed by atoms with E-state index in [0.29, 0.717) is 0 Å². The van der Waals surface area contributed by atoms with Crippen molar-refractivity contribution in [3.8, 4) is 44.5 Å². The average Bonchev–Trinajstić information content (AvgIpc) is 4.30. The third-order valence-corrected chi connectivity index (χ3v) is 25.8. The van der Waals surface area contributed by atoms with Gasteiger partial charge in [-0.25, -0.2) is 0 Å². The predicted molar refractivity (Wildman–Crippen MR) is 343 cm³/mol. The zero-order valence-electron chi connectivity index (χ0n) is 41.5. The molecule has 16 aromatic rings. The zero-order valence-corrected chi connectivity index (χ0v) is 45.8. The van der Waals surface area contributed by atoms with Gasteiger partial charge in [-0.15, -0.1) is 45.3 Å². The van der Waals surface area contributed by atoms with Crippen molar-refractivity contribution in [3.05, 3.63) is 267 Å². The minimum absolute atomic E-state index is 1.24. The van der Waals surface area contributed by atoms with Crippen LogP contribution in [0, 0.1) is 0 Å². The molecular weight excluding hydrogens is 1020 g/mol. The molecule has 0 aliphatic heterocycles. The van der Waals surface area contributed by atoms with E-state index in [-0.39, 0.29) is 0 Å². The Balaban J connectivity index is 0.914. The molecular formula is C72H44S4Si. The monoisotopic (exact) mass is 1060 g/mol. The van der Waals surface area contributed by atoms with E-state index in [4.69, 9.17) is 0 Å². The SMILES string of the molecule is c1ccc2c(c1)sc1c(-c3ccc([Si](c4ccc(-c5cccc6c5sc5ccccc56)cc4)(c4ccc(-c5cccc6c5sc5ccccc56)cc4)c4ccc(-c5cccc6c5sc5ccccc56)cc4)cc3)cccc12. The summed E-state index contributed by atoms with van der Waals surface area (Å²) in [6.45, 7) is 0. The second-order valence-electron chi connectivity index (χ2n) is 20.2. The Labute approximate surface area is 462 Å². The summed E-state index contributed by atoms with van der Waals surface area (Å²) in [7, 11) is -3.11. The lowest BCUT2D eigenvalue weighted by atomic mass is 10.0. The van der Waals surface area contributed by atoms with Gasteiger partial charge in [0.2, 0.25) is 0 Å². The van der Waals surface area contributed by atoms with Crippen LogP contribution in [-0.2, 0) is 0 Å². The van der Waals surface area contributed by atoms with Gasteiger partial charge in [-0.05, 0) is 89.5 Å². The van der Waals surface area contributed by atoms with Gasteiger partial charge >= 0.3 is 0 Å². The predicted octanol–water partition coefficient (Wildman–Crippen LogP) is 19.2. The quantitative estimate of drug-likeness (QED) is 0.105. The van der Waals surface area contributed by atoms with E-state index in [0.717, 1.165) is 0 Å². The fourth-order valence-corrected chi connectivity index (χ4v) is 22.1. The molecule has 5 heteroatoms. The van der Waals surface area contributed by atoms with Gasteiger partial charge in [-0.3, -0.25) is 0 Å². The lowest BCUT2D eigenvalue weighted by Gasteiger charge is -2.35. The number of thiophene rings is 4. The van der Waals surface area contributed by atoms with Gasteiger partial charge in [0, 0.05) is 80.7 Å². The van der Waals surface area contributed by atoms with Crippen molar-refractivity contribution >= 4 is 155 Å². The van der Waals surface area contributed by atoms with Crippen LogP contribution in [0.25, 0.3) is 125 Å². The molecule has 0 spiro atoms. The molecule has 0 saturated heterocycles. The number of rotatable bonds is 8. The first kappa shape index (κ1) is 45.0. The van der Waals surface area contributed by atoms with Crippen LogP contribution in [0.15, 0.2) is 267 Å². The molecule has 4 heterocycles. The highest BCUT2D eigenvalue weighted by atomic mass is 32.1. The lowest BCUT2D eigenvalue weighted by Crippen LogP contribution is -2.74. The summed E-state index contributed by atoms with van der Waals surface area (Å²) in [5, 5.41) is 16.0. The van der Waals surface area contributed by atoms with E-state index in [1.807, 2.05) is 45.3 Å². The maximum absolute atomic E-state index is 3.11. The van der Waals surface area contributed by atoms with Crippen molar-refractivity contribution in [2.75, 3.05) is 0 Å². The molecule has 0 fully saturated rings. The first-order valence-corrected chi connectivity index (χ1v) is 31.5. The smallest absolute Gasteiger partial charge is 0.135 e. The molecule has 0 amide bonds. The molecule has 0 aliphatic carbocycles. The first-order chi connectivity index (χ1) is 38.2. The third-order valence-electron chi connectivity index (χ3n) is 16.1. The second-order valence-corrected chi connectivity index (χ2v) is 28.2. The van der Waals surface area contributed by atoms with Crippen LogP contribution in [0.5, 0.6) is 0 Å². The summed E-state index contributed by atoms with van der Waals surface area (Å²) in [5.74, 6) is 0. The Kier molecular flexibility index (Phi) is 10.5. The van der Waals surface area contributed by atoms with Crippen molar-refractivity contribution in [2.45, 2.75) is 0 Å². The van der Waals surface area contributed by atoms with Gasteiger partial charge in [-0.2, -0.15) is 0 Å². The maximum Gasteiger partial charge on any atom is 0.179 e. The fraction of sp³-hybridized carbons (Fsp3) is 0. The minimum atomic E-state index is -3.11. The van der Waals surface area contributed by atoms with Gasteiger partial charge in [0.1, 0.15) is 0 Å². The van der Waals surface area contributed by atoms with E-state index in [9.17, 15) is 0 Å². The van der Waals surface area contributed by atoms with Gasteiger partial charge in [0.15, 0.2) is 8.07 Å². The van der Waals surface area contributed by atoms with Crippen LogP contribution in [0.3, 0.4) is 0 Å². The van der Waals surface area contributed by atoms with Crippen LogP contribution in [-0.4, -0.2) is 8.07 Å². The Morgan fingerprint density at radius 1 is 0.182 bits per heavy atom. The van der Waals surface area contributed by atoms with Crippen LogP contribution in [0.2, 0.25) is 0 Å². The molecule has 0 nitrogen and oxygen atoms in total. The van der Waals surface area contributed by atoms with Crippen LogP contribution in [0.1, 0.15) is 0 Å². The summed E-state index contributed by atoms with van der Waals surface area (Å²) in [5.41, 5.74) is 10.1. The van der Waals surface area contributed by atoms with E-state index in [1.54, 1.807) is 0 Å². The maximum atomic E-state index is 2.47. The highest BCUT2D eigenvalue weighted by Crippen LogP contribution is 2.44. The van der Waals surface area contributed by atoms with Crippen LogP contribution >= 0.6 is 45.3 Å². The average molecular weight is 1070 g/mol. The number of benzene rings is 12. The molecule has 4 aromatic heterocycles. The van der Waals surface area contributed by atoms with Crippen molar-refractivity contribution in [3.63, 3.8) is 0 Å². The lowest BCUT2D eigenvalue weighted by molar-refractivity contribution is 1.63. The normalized spacial score (nSPS) is 12.2. The molecule has 360 valence electrons.